The van der Waals surface area contributed by atoms with Crippen LogP contribution in [0.15, 0.2) is 36.8 Å². The molecule has 6 nitrogen and oxygen atoms in total. The Hall–Kier alpha value is -3.30. The molecule has 0 aliphatic carbocycles. The van der Waals surface area contributed by atoms with E-state index in [0.717, 1.165) is 27.6 Å². The zero-order chi connectivity index (χ0) is 19.1. The molecule has 0 aromatic carbocycles. The molecule has 0 fully saturated rings. The number of pyridine rings is 3. The molecule has 0 bridgehead atoms. The van der Waals surface area contributed by atoms with Crippen molar-refractivity contribution in [3.8, 4) is 17.2 Å². The number of hydrogen-bond donors (Lipinski definition) is 0. The predicted molar refractivity (Wildman–Crippen MR) is 103 cm³/mol. The van der Waals surface area contributed by atoms with Gasteiger partial charge in [-0.15, -0.1) is 0 Å². The number of aromatic nitrogens is 4. The van der Waals surface area contributed by atoms with Crippen LogP contribution in [0.25, 0.3) is 27.7 Å². The van der Waals surface area contributed by atoms with Gasteiger partial charge in [-0.25, -0.2) is 9.97 Å². The van der Waals surface area contributed by atoms with Crippen molar-refractivity contribution in [2.24, 2.45) is 0 Å². The minimum Gasteiger partial charge on any atom is -0.298 e. The number of hydrogen-bond acceptors (Lipinski definition) is 5. The van der Waals surface area contributed by atoms with E-state index in [1.54, 1.807) is 30.7 Å². The van der Waals surface area contributed by atoms with Gasteiger partial charge in [0.1, 0.15) is 22.6 Å². The summed E-state index contributed by atoms with van der Waals surface area (Å²) < 4.78 is 1.83. The van der Waals surface area contributed by atoms with Crippen molar-refractivity contribution >= 4 is 33.9 Å². The first-order valence-corrected chi connectivity index (χ1v) is 8.77. The molecular weight excluding hydrogens is 362 g/mol. The van der Waals surface area contributed by atoms with Crippen molar-refractivity contribution < 1.29 is 4.79 Å². The molecule has 0 aliphatic heterocycles. The first-order valence-electron chi connectivity index (χ1n) is 8.39. The summed E-state index contributed by atoms with van der Waals surface area (Å²) in [6, 6.07) is 7.56. The summed E-state index contributed by atoms with van der Waals surface area (Å²) in [6.07, 6.45) is 5.45. The van der Waals surface area contributed by atoms with E-state index in [-0.39, 0.29) is 5.78 Å². The first-order chi connectivity index (χ1) is 13.0. The van der Waals surface area contributed by atoms with E-state index in [2.05, 4.69) is 21.0 Å². The van der Waals surface area contributed by atoms with Gasteiger partial charge >= 0.3 is 0 Å². The lowest BCUT2D eigenvalue weighted by Gasteiger charge is -2.11. The fourth-order valence-corrected chi connectivity index (χ4v) is 3.30. The van der Waals surface area contributed by atoms with Crippen LogP contribution in [0.2, 0.25) is 5.15 Å². The highest BCUT2D eigenvalue weighted by Gasteiger charge is 2.16. The highest BCUT2D eigenvalue weighted by molar-refractivity contribution is 6.30. The molecule has 0 amide bonds. The molecule has 4 aromatic rings. The molecule has 4 rings (SSSR count). The van der Waals surface area contributed by atoms with Gasteiger partial charge in [-0.05, 0) is 24.6 Å². The molecule has 0 saturated carbocycles. The summed E-state index contributed by atoms with van der Waals surface area (Å²) in [5.74, 6) is -0.000252. The second-order valence-electron chi connectivity index (χ2n) is 6.22. The smallest absolute Gasteiger partial charge is 0.180 e. The number of carbonyl (C=O) groups is 1. The molecule has 0 unspecified atom stereocenters. The van der Waals surface area contributed by atoms with Crippen LogP contribution in [-0.4, -0.2) is 25.1 Å². The van der Waals surface area contributed by atoms with E-state index in [4.69, 9.17) is 11.6 Å². The fourth-order valence-electron chi connectivity index (χ4n) is 3.15. The third-order valence-corrected chi connectivity index (χ3v) is 4.71. The van der Waals surface area contributed by atoms with Gasteiger partial charge in [-0.1, -0.05) is 18.5 Å². The molecule has 4 aromatic heterocycles. The van der Waals surface area contributed by atoms with Crippen LogP contribution in [0.5, 0.6) is 0 Å². The molecule has 0 spiro atoms. The van der Waals surface area contributed by atoms with E-state index < -0.39 is 0 Å². The number of aryl methyl sites for hydroxylation is 1. The highest BCUT2D eigenvalue weighted by atomic mass is 35.5. The maximum absolute atomic E-state index is 11.9. The third-order valence-electron chi connectivity index (χ3n) is 4.51. The zero-order valence-electron chi connectivity index (χ0n) is 14.7. The predicted octanol–water partition coefficient (Wildman–Crippen LogP) is 4.37. The number of ketones is 1. The second-order valence-corrected chi connectivity index (χ2v) is 6.60. The van der Waals surface area contributed by atoms with Gasteiger partial charge in [0.05, 0.1) is 5.52 Å². The normalized spacial score (nSPS) is 11.0. The molecule has 4 heterocycles. The summed E-state index contributed by atoms with van der Waals surface area (Å²) in [6.45, 7) is 3.74. The number of nitrogens with zero attached hydrogens (tertiary/aromatic N) is 5. The lowest BCUT2D eigenvalue weighted by molar-refractivity contribution is 0.0983. The molecule has 27 heavy (non-hydrogen) atoms. The van der Waals surface area contributed by atoms with E-state index in [9.17, 15) is 10.1 Å². The van der Waals surface area contributed by atoms with Gasteiger partial charge in [0.15, 0.2) is 11.5 Å². The third kappa shape index (κ3) is 2.82. The Morgan fingerprint density at radius 1 is 1.22 bits per heavy atom. The van der Waals surface area contributed by atoms with Crippen molar-refractivity contribution in [2.75, 3.05) is 0 Å². The van der Waals surface area contributed by atoms with Crippen LogP contribution in [0.3, 0.4) is 0 Å². The average molecular weight is 376 g/mol. The largest absolute Gasteiger partial charge is 0.298 e. The van der Waals surface area contributed by atoms with Gasteiger partial charge in [0.2, 0.25) is 0 Å². The summed E-state index contributed by atoms with van der Waals surface area (Å²) in [7, 11) is 0. The molecule has 7 heteroatoms. The Morgan fingerprint density at radius 2 is 2.04 bits per heavy atom. The zero-order valence-corrected chi connectivity index (χ0v) is 15.4. The van der Waals surface area contributed by atoms with Crippen LogP contribution in [0.4, 0.5) is 0 Å². The van der Waals surface area contributed by atoms with Crippen LogP contribution in [0.1, 0.15) is 35.1 Å². The number of nitriles is 1. The Balaban J connectivity index is 2.04. The van der Waals surface area contributed by atoms with Gasteiger partial charge in [0.25, 0.3) is 0 Å². The van der Waals surface area contributed by atoms with Gasteiger partial charge in [-0.2, -0.15) is 5.26 Å². The topological polar surface area (TPSA) is 83.9 Å². The number of carbonyl (C=O) groups excluding carboxylic acids is 1. The highest BCUT2D eigenvalue weighted by Crippen LogP contribution is 2.32. The molecule has 0 atom stereocenters. The van der Waals surface area contributed by atoms with Crippen molar-refractivity contribution in [2.45, 2.75) is 20.3 Å². The van der Waals surface area contributed by atoms with Gasteiger partial charge in [0, 0.05) is 47.6 Å². The maximum Gasteiger partial charge on any atom is 0.180 e. The Morgan fingerprint density at radius 3 is 2.74 bits per heavy atom. The van der Waals surface area contributed by atoms with E-state index >= 15 is 0 Å². The van der Waals surface area contributed by atoms with Crippen molar-refractivity contribution in [1.82, 2.24) is 19.4 Å². The molecular formula is C20H14ClN5O. The van der Waals surface area contributed by atoms with Crippen LogP contribution in [0, 0.1) is 18.3 Å². The number of halogens is 1. The summed E-state index contributed by atoms with van der Waals surface area (Å²) >= 11 is 6.05. The molecule has 0 N–H and O–H groups in total. The van der Waals surface area contributed by atoms with Gasteiger partial charge in [-0.3, -0.25) is 14.2 Å². The number of Topliss-reactive ketones (excluding diaryl/α,β-unsaturated/α-hetero) is 1. The summed E-state index contributed by atoms with van der Waals surface area (Å²) in [5.41, 5.74) is 4.76. The monoisotopic (exact) mass is 375 g/mol. The van der Waals surface area contributed by atoms with E-state index in [0.29, 0.717) is 28.6 Å². The summed E-state index contributed by atoms with van der Waals surface area (Å²) in [4.78, 5) is 24.9. The van der Waals surface area contributed by atoms with Crippen LogP contribution in [-0.2, 0) is 0 Å². The second kappa shape index (κ2) is 6.45. The SMILES string of the molecule is CCC(=O)c1cc(C)c(-c2cc3cnc(Cl)cc3n3cc(C#N)nc23)cn1. The average Bonchev–Trinajstić information content (AvgIpc) is 3.12. The van der Waals surface area contributed by atoms with Crippen LogP contribution >= 0.6 is 11.6 Å². The van der Waals surface area contributed by atoms with Crippen molar-refractivity contribution in [3.63, 3.8) is 0 Å². The molecule has 0 saturated heterocycles. The lowest BCUT2D eigenvalue weighted by atomic mass is 10.0. The fraction of sp³-hybridized carbons (Fsp3) is 0.150. The molecule has 132 valence electrons. The number of imidazole rings is 1. The van der Waals surface area contributed by atoms with Crippen molar-refractivity contribution in [1.29, 1.82) is 5.26 Å². The Labute approximate surface area is 160 Å². The lowest BCUT2D eigenvalue weighted by Crippen LogP contribution is -2.02. The van der Waals surface area contributed by atoms with E-state index in [1.807, 2.05) is 24.3 Å². The minimum absolute atomic E-state index is 0.000252. The molecule has 0 radical (unpaired) electrons. The standard InChI is InChI=1S/C20H14ClN5O/c1-3-18(27)16-4-11(2)15(9-23-16)14-5-12-8-24-19(21)6-17(12)26-10-13(7-22)25-20(14)26/h4-6,8-10H,3H2,1-2H3. The maximum atomic E-state index is 11.9. The number of fused-ring (bicyclic) bond motifs is 3. The minimum atomic E-state index is -0.000252. The van der Waals surface area contributed by atoms with E-state index in [1.165, 1.54) is 0 Å². The Kier molecular flexibility index (Phi) is 4.09. The van der Waals surface area contributed by atoms with Gasteiger partial charge < -0.3 is 0 Å². The van der Waals surface area contributed by atoms with Crippen LogP contribution < -0.4 is 0 Å². The number of rotatable bonds is 3. The first kappa shape index (κ1) is 17.1. The quantitative estimate of drug-likeness (QED) is 0.392. The summed E-state index contributed by atoms with van der Waals surface area (Å²) in [5, 5.41) is 10.5. The Bertz CT molecular complexity index is 1270. The van der Waals surface area contributed by atoms with Crippen molar-refractivity contribution in [3.05, 3.63) is 58.9 Å². The molecule has 0 aliphatic rings.